The lowest BCUT2D eigenvalue weighted by Crippen LogP contribution is -2.40. The molecule has 0 bridgehead atoms. The Kier molecular flexibility index (Phi) is 6.45. The maximum atomic E-state index is 13.2. The van der Waals surface area contributed by atoms with Gasteiger partial charge in [0.2, 0.25) is 5.91 Å². The van der Waals surface area contributed by atoms with Gasteiger partial charge in [-0.1, -0.05) is 42.1 Å². The van der Waals surface area contributed by atoms with Crippen LogP contribution >= 0.6 is 11.8 Å². The van der Waals surface area contributed by atoms with Crippen LogP contribution in [0.1, 0.15) is 24.5 Å². The van der Waals surface area contributed by atoms with Gasteiger partial charge in [-0.2, -0.15) is 13.2 Å². The van der Waals surface area contributed by atoms with E-state index in [1.807, 2.05) is 30.3 Å². The average Bonchev–Trinajstić information content (AvgIpc) is 3.26. The molecule has 1 aliphatic rings. The van der Waals surface area contributed by atoms with Crippen LogP contribution < -0.4 is 5.32 Å². The first-order chi connectivity index (χ1) is 15.5. The predicted molar refractivity (Wildman–Crippen MR) is 121 cm³/mol. The molecule has 6 nitrogen and oxygen atoms in total. The fraction of sp³-hybridized carbons (Fsp3) is 0.364. The number of thioether (sulfide) groups is 1. The number of nitrogens with zero attached hydrogens (tertiary/aromatic N) is 2. The first-order valence-electron chi connectivity index (χ1n) is 10.3. The Morgan fingerprint density at radius 1 is 1.24 bits per heavy atom. The molecular formula is C22H22F3N3O3S2. The monoisotopic (exact) mass is 497 g/mol. The van der Waals surface area contributed by atoms with E-state index in [2.05, 4.69) is 10.3 Å². The molecule has 1 aromatic heterocycles. The van der Waals surface area contributed by atoms with Crippen LogP contribution in [0.15, 0.2) is 53.7 Å². The van der Waals surface area contributed by atoms with Gasteiger partial charge in [0.1, 0.15) is 0 Å². The topological polar surface area (TPSA) is 81.1 Å². The molecule has 0 radical (unpaired) electrons. The normalized spacial score (nSPS) is 19.0. The van der Waals surface area contributed by atoms with Gasteiger partial charge in [-0.3, -0.25) is 4.79 Å². The number of fused-ring (bicyclic) bond motifs is 1. The van der Waals surface area contributed by atoms with Crippen LogP contribution in [0, 0.1) is 0 Å². The Morgan fingerprint density at radius 2 is 1.97 bits per heavy atom. The van der Waals surface area contributed by atoms with E-state index in [4.69, 9.17) is 0 Å². The van der Waals surface area contributed by atoms with Gasteiger partial charge >= 0.3 is 6.18 Å². The van der Waals surface area contributed by atoms with Gasteiger partial charge in [0.25, 0.3) is 0 Å². The van der Waals surface area contributed by atoms with E-state index in [0.29, 0.717) is 23.6 Å². The number of benzene rings is 2. The van der Waals surface area contributed by atoms with E-state index in [9.17, 15) is 26.4 Å². The molecule has 4 rings (SSSR count). The minimum absolute atomic E-state index is 0.0495. The third-order valence-corrected chi connectivity index (χ3v) is 8.31. The van der Waals surface area contributed by atoms with Gasteiger partial charge in [-0.05, 0) is 37.1 Å². The SMILES string of the molecule is CC(Sc1nc2cc(C(F)(F)F)ccc2n1Cc1ccccc1)C(=O)NC1CCS(=O)(=O)C1. The number of aromatic nitrogens is 2. The Labute approximate surface area is 193 Å². The number of alkyl halides is 3. The van der Waals surface area contributed by atoms with E-state index < -0.39 is 32.9 Å². The molecular weight excluding hydrogens is 475 g/mol. The zero-order valence-electron chi connectivity index (χ0n) is 17.7. The van der Waals surface area contributed by atoms with Crippen molar-refractivity contribution in [2.24, 2.45) is 0 Å². The molecule has 0 spiro atoms. The van der Waals surface area contributed by atoms with Crippen molar-refractivity contribution < 1.29 is 26.4 Å². The fourth-order valence-corrected chi connectivity index (χ4v) is 6.34. The van der Waals surface area contributed by atoms with Crippen LogP contribution in [0.5, 0.6) is 0 Å². The summed E-state index contributed by atoms with van der Waals surface area (Å²) in [6.07, 6.45) is -4.11. The lowest BCUT2D eigenvalue weighted by atomic mass is 10.2. The van der Waals surface area contributed by atoms with Crippen LogP contribution in [0.2, 0.25) is 0 Å². The van der Waals surface area contributed by atoms with E-state index in [0.717, 1.165) is 29.5 Å². The number of carbonyl (C=O) groups excluding carboxylic acids is 1. The van der Waals surface area contributed by atoms with Crippen molar-refractivity contribution in [3.8, 4) is 0 Å². The Morgan fingerprint density at radius 3 is 2.61 bits per heavy atom. The summed E-state index contributed by atoms with van der Waals surface area (Å²) in [6.45, 7) is 2.04. The second-order valence-electron chi connectivity index (χ2n) is 8.04. The molecule has 11 heteroatoms. The maximum absolute atomic E-state index is 13.2. The summed E-state index contributed by atoms with van der Waals surface area (Å²) in [6, 6.07) is 12.4. The summed E-state index contributed by atoms with van der Waals surface area (Å²) in [4.78, 5) is 17.1. The Bertz CT molecular complexity index is 1270. The predicted octanol–water partition coefficient (Wildman–Crippen LogP) is 3.89. The van der Waals surface area contributed by atoms with E-state index in [-0.39, 0.29) is 22.9 Å². The number of carbonyl (C=O) groups is 1. The minimum atomic E-state index is -4.49. The molecule has 33 heavy (non-hydrogen) atoms. The number of imidazole rings is 1. The molecule has 1 N–H and O–H groups in total. The summed E-state index contributed by atoms with van der Waals surface area (Å²) in [5.74, 6) is -0.368. The maximum Gasteiger partial charge on any atom is 0.416 e. The van der Waals surface area contributed by atoms with Gasteiger partial charge in [0.15, 0.2) is 15.0 Å². The lowest BCUT2D eigenvalue weighted by molar-refractivity contribution is -0.137. The summed E-state index contributed by atoms with van der Waals surface area (Å²) in [7, 11) is -3.13. The summed E-state index contributed by atoms with van der Waals surface area (Å²) >= 11 is 1.13. The number of hydrogen-bond acceptors (Lipinski definition) is 5. The summed E-state index contributed by atoms with van der Waals surface area (Å²) in [5, 5.41) is 2.55. The molecule has 2 atom stereocenters. The average molecular weight is 498 g/mol. The zero-order valence-corrected chi connectivity index (χ0v) is 19.3. The number of nitrogens with one attached hydrogen (secondary N) is 1. The molecule has 1 aliphatic heterocycles. The van der Waals surface area contributed by atoms with E-state index in [1.54, 1.807) is 11.5 Å². The summed E-state index contributed by atoms with van der Waals surface area (Å²) < 4.78 is 64.7. The highest BCUT2D eigenvalue weighted by atomic mass is 32.2. The molecule has 0 saturated carbocycles. The van der Waals surface area contributed by atoms with Crippen LogP contribution in [-0.4, -0.2) is 46.7 Å². The van der Waals surface area contributed by atoms with Crippen LogP contribution in [-0.2, 0) is 27.4 Å². The molecule has 2 heterocycles. The molecule has 1 fully saturated rings. The molecule has 1 saturated heterocycles. The highest BCUT2D eigenvalue weighted by Crippen LogP contribution is 2.34. The van der Waals surface area contributed by atoms with Crippen LogP contribution in [0.25, 0.3) is 11.0 Å². The van der Waals surface area contributed by atoms with Gasteiger partial charge in [0.05, 0.1) is 39.9 Å². The van der Waals surface area contributed by atoms with Gasteiger partial charge in [-0.15, -0.1) is 0 Å². The van der Waals surface area contributed by atoms with E-state index >= 15 is 0 Å². The number of sulfone groups is 1. The molecule has 1 amide bonds. The van der Waals surface area contributed by atoms with Crippen molar-refractivity contribution in [2.75, 3.05) is 11.5 Å². The van der Waals surface area contributed by atoms with Crippen molar-refractivity contribution in [3.05, 3.63) is 59.7 Å². The largest absolute Gasteiger partial charge is 0.416 e. The molecule has 2 unspecified atom stereocenters. The zero-order chi connectivity index (χ0) is 23.8. The first-order valence-corrected chi connectivity index (χ1v) is 13.0. The van der Waals surface area contributed by atoms with Gasteiger partial charge < -0.3 is 9.88 Å². The summed E-state index contributed by atoms with van der Waals surface area (Å²) in [5.41, 5.74) is 0.873. The number of halogens is 3. The smallest absolute Gasteiger partial charge is 0.351 e. The molecule has 3 aromatic rings. The van der Waals surface area contributed by atoms with Crippen molar-refractivity contribution in [2.45, 2.75) is 42.5 Å². The molecule has 176 valence electrons. The number of amides is 1. The molecule has 0 aliphatic carbocycles. The van der Waals surface area contributed by atoms with Crippen molar-refractivity contribution in [3.63, 3.8) is 0 Å². The highest BCUT2D eigenvalue weighted by molar-refractivity contribution is 8.00. The lowest BCUT2D eigenvalue weighted by Gasteiger charge is -2.16. The third-order valence-electron chi connectivity index (χ3n) is 5.45. The van der Waals surface area contributed by atoms with Crippen molar-refractivity contribution in [1.82, 2.24) is 14.9 Å². The third kappa shape index (κ3) is 5.52. The quantitative estimate of drug-likeness (QED) is 0.523. The number of rotatable bonds is 6. The first kappa shape index (κ1) is 23.6. The molecule has 2 aromatic carbocycles. The van der Waals surface area contributed by atoms with Crippen molar-refractivity contribution in [1.29, 1.82) is 0 Å². The highest BCUT2D eigenvalue weighted by Gasteiger charge is 2.32. The number of hydrogen-bond donors (Lipinski definition) is 1. The van der Waals surface area contributed by atoms with Gasteiger partial charge in [0, 0.05) is 6.04 Å². The van der Waals surface area contributed by atoms with Crippen LogP contribution in [0.3, 0.4) is 0 Å². The second kappa shape index (κ2) is 9.02. The second-order valence-corrected chi connectivity index (χ2v) is 11.6. The van der Waals surface area contributed by atoms with Crippen molar-refractivity contribution >= 4 is 38.5 Å². The van der Waals surface area contributed by atoms with E-state index in [1.165, 1.54) is 6.07 Å². The minimum Gasteiger partial charge on any atom is -0.351 e. The Balaban J connectivity index is 1.61. The standard InChI is InChI=1S/C22H22F3N3O3S2/c1-14(20(29)26-17-9-10-33(30,31)13-17)32-21-27-18-11-16(22(23,24)25)7-8-19(18)28(21)12-15-5-3-2-4-6-15/h2-8,11,14,17H,9-10,12-13H2,1H3,(H,26,29). The Hall–Kier alpha value is -2.53. The van der Waals surface area contributed by atoms with Crippen LogP contribution in [0.4, 0.5) is 13.2 Å². The van der Waals surface area contributed by atoms with Gasteiger partial charge in [-0.25, -0.2) is 13.4 Å². The fourth-order valence-electron chi connectivity index (χ4n) is 3.73.